The van der Waals surface area contributed by atoms with Gasteiger partial charge in [0.15, 0.2) is 0 Å². The fourth-order valence-corrected chi connectivity index (χ4v) is 3.55. The summed E-state index contributed by atoms with van der Waals surface area (Å²) in [7, 11) is 0. The maximum atomic E-state index is 12.3. The Kier molecular flexibility index (Phi) is 4.80. The highest BCUT2D eigenvalue weighted by molar-refractivity contribution is 5.79. The van der Waals surface area contributed by atoms with Gasteiger partial charge >= 0.3 is 0 Å². The molecule has 0 aromatic heterocycles. The second kappa shape index (κ2) is 6.99. The van der Waals surface area contributed by atoms with Gasteiger partial charge in [0.2, 0.25) is 5.91 Å². The first-order valence-corrected chi connectivity index (χ1v) is 8.58. The van der Waals surface area contributed by atoms with Crippen LogP contribution in [0.4, 0.5) is 0 Å². The Labute approximate surface area is 138 Å². The molecule has 120 valence electrons. The van der Waals surface area contributed by atoms with Crippen LogP contribution in [0.2, 0.25) is 0 Å². The first kappa shape index (κ1) is 15.8. The third kappa shape index (κ3) is 3.64. The number of rotatable bonds is 4. The van der Waals surface area contributed by atoms with Gasteiger partial charge in [-0.2, -0.15) is 0 Å². The standard InChI is InChI=1S/C21H25NO/c1-15-6-3-4-8-19(15)18-12-10-17(11-13-18)14-22-21(23)20-9-5-7-16(20)2/h3-4,6,8,10-13,16,20H,5,7,9,14H2,1-2H3,(H,22,23). The van der Waals surface area contributed by atoms with Gasteiger partial charge in [0.05, 0.1) is 0 Å². The van der Waals surface area contributed by atoms with Crippen LogP contribution in [0.5, 0.6) is 0 Å². The Morgan fingerprint density at radius 2 is 1.83 bits per heavy atom. The quantitative estimate of drug-likeness (QED) is 0.870. The topological polar surface area (TPSA) is 29.1 Å². The summed E-state index contributed by atoms with van der Waals surface area (Å²) in [5, 5.41) is 3.10. The average molecular weight is 307 g/mol. The molecule has 0 spiro atoms. The molecule has 2 nitrogen and oxygen atoms in total. The van der Waals surface area contributed by atoms with Crippen molar-refractivity contribution in [2.24, 2.45) is 11.8 Å². The van der Waals surface area contributed by atoms with Crippen molar-refractivity contribution in [2.45, 2.75) is 39.7 Å². The summed E-state index contributed by atoms with van der Waals surface area (Å²) in [5.41, 5.74) is 4.93. The van der Waals surface area contributed by atoms with Gasteiger partial charge in [-0.15, -0.1) is 0 Å². The minimum Gasteiger partial charge on any atom is -0.352 e. The van der Waals surface area contributed by atoms with E-state index in [9.17, 15) is 4.79 Å². The molecule has 0 radical (unpaired) electrons. The molecule has 3 rings (SSSR count). The van der Waals surface area contributed by atoms with Crippen LogP contribution in [-0.2, 0) is 11.3 Å². The van der Waals surface area contributed by atoms with Gasteiger partial charge in [0.1, 0.15) is 0 Å². The van der Waals surface area contributed by atoms with E-state index in [1.807, 2.05) is 0 Å². The Morgan fingerprint density at radius 1 is 1.09 bits per heavy atom. The molecule has 1 fully saturated rings. The van der Waals surface area contributed by atoms with Crippen molar-refractivity contribution in [3.8, 4) is 11.1 Å². The monoisotopic (exact) mass is 307 g/mol. The van der Waals surface area contributed by atoms with E-state index >= 15 is 0 Å². The van der Waals surface area contributed by atoms with Crippen LogP contribution in [0.15, 0.2) is 48.5 Å². The molecule has 2 unspecified atom stereocenters. The molecular formula is C21H25NO. The number of aryl methyl sites for hydroxylation is 1. The van der Waals surface area contributed by atoms with Crippen molar-refractivity contribution < 1.29 is 4.79 Å². The number of benzene rings is 2. The predicted molar refractivity (Wildman–Crippen MR) is 95.0 cm³/mol. The van der Waals surface area contributed by atoms with E-state index in [4.69, 9.17) is 0 Å². The zero-order valence-corrected chi connectivity index (χ0v) is 14.0. The molecule has 2 atom stereocenters. The van der Waals surface area contributed by atoms with E-state index < -0.39 is 0 Å². The minimum atomic E-state index is 0.209. The Bertz CT molecular complexity index is 674. The Balaban J connectivity index is 1.62. The summed E-state index contributed by atoms with van der Waals surface area (Å²) in [4.78, 5) is 12.3. The lowest BCUT2D eigenvalue weighted by Gasteiger charge is -2.15. The maximum absolute atomic E-state index is 12.3. The summed E-state index contributed by atoms with van der Waals surface area (Å²) < 4.78 is 0. The van der Waals surface area contributed by atoms with E-state index in [1.54, 1.807) is 0 Å². The number of nitrogens with one attached hydrogen (secondary N) is 1. The third-order valence-corrected chi connectivity index (χ3v) is 5.08. The molecule has 2 aromatic rings. The van der Waals surface area contributed by atoms with Crippen molar-refractivity contribution in [3.63, 3.8) is 0 Å². The smallest absolute Gasteiger partial charge is 0.223 e. The van der Waals surface area contributed by atoms with Crippen molar-refractivity contribution in [3.05, 3.63) is 59.7 Å². The van der Waals surface area contributed by atoms with Crippen molar-refractivity contribution in [1.29, 1.82) is 0 Å². The number of carbonyl (C=O) groups excluding carboxylic acids is 1. The van der Waals surface area contributed by atoms with E-state index in [0.717, 1.165) is 12.0 Å². The number of amides is 1. The van der Waals surface area contributed by atoms with Crippen molar-refractivity contribution >= 4 is 5.91 Å². The highest BCUT2D eigenvalue weighted by Crippen LogP contribution is 2.31. The first-order valence-electron chi connectivity index (χ1n) is 8.58. The lowest BCUT2D eigenvalue weighted by molar-refractivity contribution is -0.126. The predicted octanol–water partition coefficient (Wildman–Crippen LogP) is 4.71. The van der Waals surface area contributed by atoms with Crippen LogP contribution in [-0.4, -0.2) is 5.91 Å². The molecule has 0 bridgehead atoms. The molecule has 1 aliphatic carbocycles. The molecule has 0 saturated heterocycles. The molecule has 2 aromatic carbocycles. The Morgan fingerprint density at radius 3 is 2.48 bits per heavy atom. The minimum absolute atomic E-state index is 0.209. The van der Waals surface area contributed by atoms with Gasteiger partial charge in [-0.05, 0) is 47.9 Å². The van der Waals surface area contributed by atoms with Crippen LogP contribution in [0.1, 0.15) is 37.3 Å². The molecule has 0 aliphatic heterocycles. The fraction of sp³-hybridized carbons (Fsp3) is 0.381. The normalized spacial score (nSPS) is 20.4. The molecule has 1 saturated carbocycles. The summed E-state index contributed by atoms with van der Waals surface area (Å²) in [5.74, 6) is 0.956. The zero-order valence-electron chi connectivity index (χ0n) is 14.0. The fourth-order valence-electron chi connectivity index (χ4n) is 3.55. The number of carbonyl (C=O) groups is 1. The first-order chi connectivity index (χ1) is 11.1. The highest BCUT2D eigenvalue weighted by atomic mass is 16.1. The SMILES string of the molecule is Cc1ccccc1-c1ccc(CNC(=O)C2CCCC2C)cc1. The van der Waals surface area contributed by atoms with Crippen molar-refractivity contribution in [2.75, 3.05) is 0 Å². The van der Waals surface area contributed by atoms with Crippen LogP contribution in [0.3, 0.4) is 0 Å². The van der Waals surface area contributed by atoms with Crippen molar-refractivity contribution in [1.82, 2.24) is 5.32 Å². The molecule has 0 heterocycles. The maximum Gasteiger partial charge on any atom is 0.223 e. The summed E-state index contributed by atoms with van der Waals surface area (Å²) in [6.07, 6.45) is 3.41. The van der Waals surface area contributed by atoms with Gasteiger partial charge in [-0.3, -0.25) is 4.79 Å². The van der Waals surface area contributed by atoms with Gasteiger partial charge < -0.3 is 5.32 Å². The second-order valence-corrected chi connectivity index (χ2v) is 6.74. The van der Waals surface area contributed by atoms with Gasteiger partial charge in [0.25, 0.3) is 0 Å². The number of hydrogen-bond donors (Lipinski definition) is 1. The van der Waals surface area contributed by atoms with E-state index in [0.29, 0.717) is 12.5 Å². The van der Waals surface area contributed by atoms with Gasteiger partial charge in [-0.1, -0.05) is 61.9 Å². The largest absolute Gasteiger partial charge is 0.352 e. The summed E-state index contributed by atoms with van der Waals surface area (Å²) >= 11 is 0. The highest BCUT2D eigenvalue weighted by Gasteiger charge is 2.29. The van der Waals surface area contributed by atoms with Gasteiger partial charge in [-0.25, -0.2) is 0 Å². The zero-order chi connectivity index (χ0) is 16.2. The molecular weight excluding hydrogens is 282 g/mol. The van der Waals surface area contributed by atoms with Crippen LogP contribution >= 0.6 is 0 Å². The van der Waals surface area contributed by atoms with Crippen LogP contribution in [0.25, 0.3) is 11.1 Å². The van der Waals surface area contributed by atoms with E-state index in [-0.39, 0.29) is 11.8 Å². The van der Waals surface area contributed by atoms with Gasteiger partial charge in [0, 0.05) is 12.5 Å². The molecule has 23 heavy (non-hydrogen) atoms. The number of hydrogen-bond acceptors (Lipinski definition) is 1. The Hall–Kier alpha value is -2.09. The van der Waals surface area contributed by atoms with Crippen LogP contribution < -0.4 is 5.32 Å². The van der Waals surface area contributed by atoms with E-state index in [1.165, 1.54) is 29.5 Å². The van der Waals surface area contributed by atoms with E-state index in [2.05, 4.69) is 67.7 Å². The molecule has 1 N–H and O–H groups in total. The summed E-state index contributed by atoms with van der Waals surface area (Å²) in [6, 6.07) is 16.9. The summed E-state index contributed by atoms with van der Waals surface area (Å²) in [6.45, 7) is 4.94. The molecule has 1 amide bonds. The third-order valence-electron chi connectivity index (χ3n) is 5.08. The molecule has 1 aliphatic rings. The lowest BCUT2D eigenvalue weighted by Crippen LogP contribution is -2.31. The second-order valence-electron chi connectivity index (χ2n) is 6.74. The molecule has 2 heteroatoms. The van der Waals surface area contributed by atoms with Crippen LogP contribution in [0, 0.1) is 18.8 Å². The lowest BCUT2D eigenvalue weighted by atomic mass is 9.97. The average Bonchev–Trinajstić information content (AvgIpc) is 3.00.